The molecule has 1 heterocycles. The summed E-state index contributed by atoms with van der Waals surface area (Å²) >= 11 is 0. The topological polar surface area (TPSA) is 46.3 Å². The lowest BCUT2D eigenvalue weighted by atomic mass is 9.94. The molecule has 112 valence electrons. The summed E-state index contributed by atoms with van der Waals surface area (Å²) in [5.41, 5.74) is 6.05. The van der Waals surface area contributed by atoms with E-state index in [-0.39, 0.29) is 30.6 Å². The SMILES string of the molecule is Cl.NCCC1CCCN(C(=O)Cc2ccccc2F)C1. The monoisotopic (exact) mass is 300 g/mol. The van der Waals surface area contributed by atoms with Crippen molar-refractivity contribution >= 4 is 18.3 Å². The molecule has 3 nitrogen and oxygen atoms in total. The van der Waals surface area contributed by atoms with Gasteiger partial charge < -0.3 is 10.6 Å². The number of nitrogens with two attached hydrogens (primary N) is 1. The Labute approximate surface area is 125 Å². The van der Waals surface area contributed by atoms with Crippen LogP contribution in [0.5, 0.6) is 0 Å². The maximum Gasteiger partial charge on any atom is 0.227 e. The van der Waals surface area contributed by atoms with E-state index in [4.69, 9.17) is 5.73 Å². The molecule has 0 aliphatic carbocycles. The highest BCUT2D eigenvalue weighted by atomic mass is 35.5. The number of benzene rings is 1. The van der Waals surface area contributed by atoms with Gasteiger partial charge in [-0.05, 0) is 43.4 Å². The third-order valence-electron chi connectivity index (χ3n) is 3.75. The van der Waals surface area contributed by atoms with Gasteiger partial charge in [-0.25, -0.2) is 4.39 Å². The zero-order valence-electron chi connectivity index (χ0n) is 11.6. The number of rotatable bonds is 4. The summed E-state index contributed by atoms with van der Waals surface area (Å²) in [5, 5.41) is 0. The molecule has 1 aliphatic rings. The molecule has 1 fully saturated rings. The van der Waals surface area contributed by atoms with Gasteiger partial charge in [-0.1, -0.05) is 18.2 Å². The molecule has 1 amide bonds. The Morgan fingerprint density at radius 3 is 2.85 bits per heavy atom. The lowest BCUT2D eigenvalue weighted by Gasteiger charge is -2.32. The summed E-state index contributed by atoms with van der Waals surface area (Å²) in [6, 6.07) is 6.48. The number of halogens is 2. The number of hydrogen-bond donors (Lipinski definition) is 1. The van der Waals surface area contributed by atoms with Gasteiger partial charge in [0.05, 0.1) is 6.42 Å². The molecule has 0 spiro atoms. The molecule has 2 N–H and O–H groups in total. The first kappa shape index (κ1) is 16.9. The van der Waals surface area contributed by atoms with Crippen LogP contribution in [0.1, 0.15) is 24.8 Å². The lowest BCUT2D eigenvalue weighted by molar-refractivity contribution is -0.132. The van der Waals surface area contributed by atoms with E-state index < -0.39 is 0 Å². The predicted octanol–water partition coefficient (Wildman–Crippen LogP) is 2.38. The molecular formula is C15H22ClFN2O. The van der Waals surface area contributed by atoms with Gasteiger partial charge in [-0.3, -0.25) is 4.79 Å². The van der Waals surface area contributed by atoms with Gasteiger partial charge in [0.15, 0.2) is 0 Å². The quantitative estimate of drug-likeness (QED) is 0.928. The Kier molecular flexibility index (Phi) is 6.96. The molecule has 2 rings (SSSR count). The Bertz CT molecular complexity index is 440. The number of hydrogen-bond acceptors (Lipinski definition) is 2. The normalized spacial score (nSPS) is 18.5. The smallest absolute Gasteiger partial charge is 0.227 e. The first-order valence-electron chi connectivity index (χ1n) is 6.92. The molecule has 1 unspecified atom stereocenters. The Hall–Kier alpha value is -1.13. The van der Waals surface area contributed by atoms with E-state index in [1.54, 1.807) is 18.2 Å². The minimum absolute atomic E-state index is 0. The lowest BCUT2D eigenvalue weighted by Crippen LogP contribution is -2.41. The van der Waals surface area contributed by atoms with Crippen LogP contribution in [0, 0.1) is 11.7 Å². The van der Waals surface area contributed by atoms with Gasteiger partial charge >= 0.3 is 0 Å². The number of piperidine rings is 1. The number of likely N-dealkylation sites (tertiary alicyclic amines) is 1. The van der Waals surface area contributed by atoms with Gasteiger partial charge in [0.25, 0.3) is 0 Å². The fourth-order valence-electron chi connectivity index (χ4n) is 2.68. The highest BCUT2D eigenvalue weighted by Crippen LogP contribution is 2.20. The van der Waals surface area contributed by atoms with Crippen molar-refractivity contribution in [2.45, 2.75) is 25.7 Å². The maximum absolute atomic E-state index is 13.5. The first-order chi connectivity index (χ1) is 9.20. The minimum Gasteiger partial charge on any atom is -0.342 e. The average Bonchev–Trinajstić information content (AvgIpc) is 2.42. The van der Waals surface area contributed by atoms with E-state index in [0.29, 0.717) is 18.0 Å². The summed E-state index contributed by atoms with van der Waals surface area (Å²) < 4.78 is 13.5. The molecule has 1 aliphatic heterocycles. The third kappa shape index (κ3) is 4.46. The van der Waals surface area contributed by atoms with Crippen LogP contribution < -0.4 is 5.73 Å². The molecule has 0 aromatic heterocycles. The van der Waals surface area contributed by atoms with Crippen molar-refractivity contribution < 1.29 is 9.18 Å². The van der Waals surface area contributed by atoms with Crippen molar-refractivity contribution in [1.29, 1.82) is 0 Å². The largest absolute Gasteiger partial charge is 0.342 e. The van der Waals surface area contributed by atoms with Crippen LogP contribution in [0.15, 0.2) is 24.3 Å². The van der Waals surface area contributed by atoms with Crippen molar-refractivity contribution in [3.8, 4) is 0 Å². The molecule has 20 heavy (non-hydrogen) atoms. The van der Waals surface area contributed by atoms with Gasteiger partial charge in [-0.15, -0.1) is 12.4 Å². The predicted molar refractivity (Wildman–Crippen MR) is 80.3 cm³/mol. The Morgan fingerprint density at radius 2 is 2.15 bits per heavy atom. The van der Waals surface area contributed by atoms with E-state index in [2.05, 4.69) is 0 Å². The third-order valence-corrected chi connectivity index (χ3v) is 3.75. The fourth-order valence-corrected chi connectivity index (χ4v) is 2.68. The van der Waals surface area contributed by atoms with Crippen LogP contribution in [0.3, 0.4) is 0 Å². The van der Waals surface area contributed by atoms with E-state index in [9.17, 15) is 9.18 Å². The molecule has 1 atom stereocenters. The van der Waals surface area contributed by atoms with E-state index >= 15 is 0 Å². The van der Waals surface area contributed by atoms with E-state index in [0.717, 1.165) is 32.4 Å². The molecule has 0 saturated carbocycles. The van der Waals surface area contributed by atoms with Crippen LogP contribution >= 0.6 is 12.4 Å². The summed E-state index contributed by atoms with van der Waals surface area (Å²) in [4.78, 5) is 14.1. The summed E-state index contributed by atoms with van der Waals surface area (Å²) in [6.07, 6.45) is 3.28. The number of amides is 1. The molecule has 1 saturated heterocycles. The molecule has 1 aromatic rings. The van der Waals surface area contributed by atoms with Crippen LogP contribution in [0.4, 0.5) is 4.39 Å². The molecular weight excluding hydrogens is 279 g/mol. The van der Waals surface area contributed by atoms with Gasteiger partial charge in [0.1, 0.15) is 5.82 Å². The molecule has 0 bridgehead atoms. The highest BCUT2D eigenvalue weighted by molar-refractivity contribution is 5.85. The number of nitrogens with zero attached hydrogens (tertiary/aromatic N) is 1. The standard InChI is InChI=1S/C15H21FN2O.ClH/c16-14-6-2-1-5-13(14)10-15(19)18-9-3-4-12(11-18)7-8-17;/h1-2,5-6,12H,3-4,7-11,17H2;1H. The molecule has 1 aromatic carbocycles. The van der Waals surface area contributed by atoms with Crippen LogP contribution in [0.25, 0.3) is 0 Å². The average molecular weight is 301 g/mol. The maximum atomic E-state index is 13.5. The highest BCUT2D eigenvalue weighted by Gasteiger charge is 2.23. The number of carbonyl (C=O) groups is 1. The second-order valence-corrected chi connectivity index (χ2v) is 5.19. The van der Waals surface area contributed by atoms with Crippen molar-refractivity contribution in [2.75, 3.05) is 19.6 Å². The molecule has 0 radical (unpaired) electrons. The summed E-state index contributed by atoms with van der Waals surface area (Å²) in [5.74, 6) is 0.224. The van der Waals surface area contributed by atoms with E-state index in [1.807, 2.05) is 4.90 Å². The second-order valence-electron chi connectivity index (χ2n) is 5.19. The zero-order valence-corrected chi connectivity index (χ0v) is 12.4. The second kappa shape index (κ2) is 8.22. The fraction of sp³-hybridized carbons (Fsp3) is 0.533. The Morgan fingerprint density at radius 1 is 1.40 bits per heavy atom. The van der Waals surface area contributed by atoms with Crippen molar-refractivity contribution in [2.24, 2.45) is 11.7 Å². The summed E-state index contributed by atoms with van der Waals surface area (Å²) in [7, 11) is 0. The van der Waals surface area contributed by atoms with Crippen molar-refractivity contribution in [1.82, 2.24) is 4.90 Å². The van der Waals surface area contributed by atoms with Crippen molar-refractivity contribution in [3.63, 3.8) is 0 Å². The van der Waals surface area contributed by atoms with Gasteiger partial charge in [-0.2, -0.15) is 0 Å². The molecule has 5 heteroatoms. The van der Waals surface area contributed by atoms with Crippen molar-refractivity contribution in [3.05, 3.63) is 35.6 Å². The first-order valence-corrected chi connectivity index (χ1v) is 6.92. The van der Waals surface area contributed by atoms with Crippen LogP contribution in [-0.4, -0.2) is 30.4 Å². The van der Waals surface area contributed by atoms with Gasteiger partial charge in [0.2, 0.25) is 5.91 Å². The number of carbonyl (C=O) groups excluding carboxylic acids is 1. The zero-order chi connectivity index (χ0) is 13.7. The minimum atomic E-state index is -0.300. The van der Waals surface area contributed by atoms with Crippen LogP contribution in [0.2, 0.25) is 0 Å². The van der Waals surface area contributed by atoms with Gasteiger partial charge in [0, 0.05) is 13.1 Å². The van der Waals surface area contributed by atoms with Crippen LogP contribution in [-0.2, 0) is 11.2 Å². The van der Waals surface area contributed by atoms with E-state index in [1.165, 1.54) is 6.07 Å². The Balaban J connectivity index is 0.00000200. The summed E-state index contributed by atoms with van der Waals surface area (Å²) in [6.45, 7) is 2.22.